The Morgan fingerprint density at radius 2 is 1.90 bits per heavy atom. The molecule has 1 atom stereocenters. The lowest BCUT2D eigenvalue weighted by atomic mass is 10.1. The summed E-state index contributed by atoms with van der Waals surface area (Å²) in [4.78, 5) is 32.4. The molecule has 1 amide bonds. The number of carbonyl (C=O) groups excluding carboxylic acids is 1. The molecule has 3 rings (SSSR count). The van der Waals surface area contributed by atoms with Gasteiger partial charge in [0.15, 0.2) is 17.2 Å². The molecule has 10 heteroatoms. The summed E-state index contributed by atoms with van der Waals surface area (Å²) < 4.78 is 23.3. The van der Waals surface area contributed by atoms with Crippen molar-refractivity contribution in [3.63, 3.8) is 0 Å². The molecule has 0 bridgehead atoms. The van der Waals surface area contributed by atoms with Crippen LogP contribution in [-0.2, 0) is 9.36 Å². The van der Waals surface area contributed by atoms with Gasteiger partial charge < -0.3 is 24.6 Å². The van der Waals surface area contributed by atoms with E-state index in [-0.39, 0.29) is 5.56 Å². The normalized spacial score (nSPS) is 12.8. The van der Waals surface area contributed by atoms with Crippen molar-refractivity contribution >= 4 is 52.6 Å². The van der Waals surface area contributed by atoms with Crippen LogP contribution >= 0.6 is 30.5 Å². The molecule has 158 valence electrons. The maximum absolute atomic E-state index is 12.7. The van der Waals surface area contributed by atoms with Gasteiger partial charge in [0.05, 0.1) is 14.2 Å². The molecule has 0 spiro atoms. The Labute approximate surface area is 182 Å². The van der Waals surface area contributed by atoms with E-state index in [2.05, 4.69) is 5.32 Å². The topological polar surface area (TPSA) is 105 Å². The van der Waals surface area contributed by atoms with Crippen LogP contribution < -0.4 is 14.8 Å². The first-order valence-corrected chi connectivity index (χ1v) is 11.6. The fraction of sp³-hybridized carbons (Fsp3) is 0.150. The van der Waals surface area contributed by atoms with Gasteiger partial charge >= 0.3 is 7.60 Å². The summed E-state index contributed by atoms with van der Waals surface area (Å²) in [7, 11) is -1.76. The van der Waals surface area contributed by atoms with Gasteiger partial charge in [0, 0.05) is 15.9 Å². The number of ether oxygens (including phenoxy) is 2. The van der Waals surface area contributed by atoms with Crippen LogP contribution in [0.4, 0.5) is 0 Å². The zero-order valence-corrected chi connectivity index (χ0v) is 18.5. The van der Waals surface area contributed by atoms with E-state index in [0.717, 1.165) is 4.70 Å². The fourth-order valence-corrected chi connectivity index (χ4v) is 5.16. The van der Waals surface area contributed by atoms with Gasteiger partial charge in [-0.15, -0.1) is 11.3 Å². The van der Waals surface area contributed by atoms with E-state index in [1.807, 2.05) is 0 Å². The van der Waals surface area contributed by atoms with Gasteiger partial charge in [0.25, 0.3) is 0 Å². The van der Waals surface area contributed by atoms with E-state index in [0.29, 0.717) is 27.5 Å². The first-order chi connectivity index (χ1) is 14.2. The molecule has 0 saturated heterocycles. The van der Waals surface area contributed by atoms with Crippen LogP contribution in [0.2, 0.25) is 5.02 Å². The quantitative estimate of drug-likeness (QED) is 0.439. The molecular weight excluding hydrogens is 449 g/mol. The highest BCUT2D eigenvalue weighted by Crippen LogP contribution is 2.54. The van der Waals surface area contributed by atoms with Crippen LogP contribution in [0, 0.1) is 0 Å². The zero-order valence-electron chi connectivity index (χ0n) is 16.0. The van der Waals surface area contributed by atoms with E-state index >= 15 is 0 Å². The van der Waals surface area contributed by atoms with Crippen LogP contribution in [0.1, 0.15) is 16.8 Å². The summed E-state index contributed by atoms with van der Waals surface area (Å²) in [5.41, 5.74) is -0.712. The zero-order chi connectivity index (χ0) is 21.9. The van der Waals surface area contributed by atoms with Crippen molar-refractivity contribution < 1.29 is 28.6 Å². The lowest BCUT2D eigenvalue weighted by Crippen LogP contribution is -2.25. The third kappa shape index (κ3) is 4.86. The molecule has 1 aromatic heterocycles. The Morgan fingerprint density at radius 3 is 2.57 bits per heavy atom. The van der Waals surface area contributed by atoms with E-state index in [1.54, 1.807) is 47.9 Å². The maximum atomic E-state index is 12.7. The molecule has 0 aliphatic heterocycles. The molecule has 0 saturated carbocycles. The molecule has 2 aromatic carbocycles. The highest BCUT2D eigenvalue weighted by Gasteiger charge is 2.38. The van der Waals surface area contributed by atoms with E-state index in [9.17, 15) is 19.1 Å². The summed E-state index contributed by atoms with van der Waals surface area (Å²) in [6.07, 6.45) is 2.91. The number of thiophene rings is 1. The number of carbonyl (C=O) groups is 1. The Morgan fingerprint density at radius 1 is 1.17 bits per heavy atom. The third-order valence-electron chi connectivity index (χ3n) is 4.35. The van der Waals surface area contributed by atoms with E-state index in [4.69, 9.17) is 21.1 Å². The van der Waals surface area contributed by atoms with E-state index < -0.39 is 19.2 Å². The van der Waals surface area contributed by atoms with Gasteiger partial charge in [-0.25, -0.2) is 0 Å². The van der Waals surface area contributed by atoms with Crippen molar-refractivity contribution in [2.75, 3.05) is 14.2 Å². The highest BCUT2D eigenvalue weighted by molar-refractivity contribution is 7.53. The number of hydrogen-bond donors (Lipinski definition) is 3. The Hall–Kier alpha value is -2.35. The van der Waals surface area contributed by atoms with Crippen LogP contribution in [0.5, 0.6) is 11.5 Å². The average molecular weight is 468 g/mol. The smallest absolute Gasteiger partial charge is 0.342 e. The van der Waals surface area contributed by atoms with Gasteiger partial charge in [-0.05, 0) is 58.3 Å². The van der Waals surface area contributed by atoms with Crippen molar-refractivity contribution in [2.24, 2.45) is 0 Å². The second-order valence-electron chi connectivity index (χ2n) is 6.28. The van der Waals surface area contributed by atoms with Crippen LogP contribution in [0.15, 0.2) is 48.0 Å². The molecular formula is C20H19ClNO6PS. The lowest BCUT2D eigenvalue weighted by Gasteiger charge is -2.17. The van der Waals surface area contributed by atoms with Crippen molar-refractivity contribution in [1.29, 1.82) is 0 Å². The van der Waals surface area contributed by atoms with Crippen LogP contribution in [0.25, 0.3) is 16.2 Å². The minimum Gasteiger partial charge on any atom is -0.493 e. The molecule has 0 fully saturated rings. The SMILES string of the molecule is COc1ccc(/C=C/NC(=O)C(c2csc3ccc(Cl)cc23)P(=O)(O)O)cc1OC. The number of rotatable bonds is 7. The van der Waals surface area contributed by atoms with Crippen molar-refractivity contribution in [3.8, 4) is 11.5 Å². The number of fused-ring (bicyclic) bond motifs is 1. The molecule has 0 aliphatic carbocycles. The Kier molecular flexibility index (Phi) is 6.85. The van der Waals surface area contributed by atoms with Crippen LogP contribution in [0.3, 0.4) is 0 Å². The van der Waals surface area contributed by atoms with Gasteiger partial charge in [-0.1, -0.05) is 17.7 Å². The first kappa shape index (κ1) is 22.3. The predicted octanol–water partition coefficient (Wildman–Crippen LogP) is 4.58. The standard InChI is InChI=1S/C20H19ClNO6PS/c1-27-16-5-3-12(9-17(16)28-2)7-8-22-20(23)19(29(24,25)26)15-11-30-18-6-4-13(21)10-14(15)18/h3-11,19H,1-2H3,(H,22,23)(H2,24,25,26)/b8-7+. The minimum atomic E-state index is -4.79. The summed E-state index contributed by atoms with van der Waals surface area (Å²) in [6, 6.07) is 10.2. The number of nitrogens with one attached hydrogen (secondary N) is 1. The molecule has 0 radical (unpaired) electrons. The second kappa shape index (κ2) is 9.20. The average Bonchev–Trinajstić information content (AvgIpc) is 3.09. The van der Waals surface area contributed by atoms with Gasteiger partial charge in [0.2, 0.25) is 5.91 Å². The Bertz CT molecular complexity index is 1160. The van der Waals surface area contributed by atoms with Gasteiger partial charge in [-0.3, -0.25) is 9.36 Å². The number of halogens is 1. The first-order valence-electron chi connectivity index (χ1n) is 8.65. The molecule has 30 heavy (non-hydrogen) atoms. The predicted molar refractivity (Wildman–Crippen MR) is 118 cm³/mol. The molecule has 1 heterocycles. The summed E-state index contributed by atoms with van der Waals surface area (Å²) in [5, 5.41) is 4.99. The maximum Gasteiger partial charge on any atom is 0.342 e. The van der Waals surface area contributed by atoms with Crippen molar-refractivity contribution in [2.45, 2.75) is 5.66 Å². The van der Waals surface area contributed by atoms with Gasteiger partial charge in [-0.2, -0.15) is 0 Å². The van der Waals surface area contributed by atoms with Gasteiger partial charge in [0.1, 0.15) is 0 Å². The summed E-state index contributed by atoms with van der Waals surface area (Å²) >= 11 is 7.31. The number of amides is 1. The largest absolute Gasteiger partial charge is 0.493 e. The summed E-state index contributed by atoms with van der Waals surface area (Å²) in [6.45, 7) is 0. The highest BCUT2D eigenvalue weighted by atomic mass is 35.5. The van der Waals surface area contributed by atoms with E-state index in [1.165, 1.54) is 31.8 Å². The second-order valence-corrected chi connectivity index (χ2v) is 9.32. The Balaban J connectivity index is 1.86. The fourth-order valence-electron chi connectivity index (χ4n) is 2.96. The lowest BCUT2D eigenvalue weighted by molar-refractivity contribution is -0.120. The van der Waals surface area contributed by atoms with Crippen LogP contribution in [-0.4, -0.2) is 29.9 Å². The van der Waals surface area contributed by atoms with Crippen molar-refractivity contribution in [3.05, 3.63) is 64.1 Å². The monoisotopic (exact) mass is 467 g/mol. The number of benzene rings is 2. The molecule has 3 aromatic rings. The number of methoxy groups -OCH3 is 2. The third-order valence-corrected chi connectivity index (χ3v) is 6.76. The summed E-state index contributed by atoms with van der Waals surface area (Å²) in [5.74, 6) is 0.253. The number of hydrogen-bond acceptors (Lipinski definition) is 5. The van der Waals surface area contributed by atoms with Crippen molar-refractivity contribution in [1.82, 2.24) is 5.32 Å². The molecule has 7 nitrogen and oxygen atoms in total. The molecule has 1 unspecified atom stereocenters. The molecule has 3 N–H and O–H groups in total. The molecule has 0 aliphatic rings. The minimum absolute atomic E-state index is 0.239.